The molecule has 0 N–H and O–H groups in total. The molecule has 0 radical (unpaired) electrons. The van der Waals surface area contributed by atoms with Crippen LogP contribution in [0.4, 0.5) is 0 Å². The van der Waals surface area contributed by atoms with E-state index in [1.165, 1.54) is 6.07 Å². The van der Waals surface area contributed by atoms with Crippen LogP contribution in [0.3, 0.4) is 0 Å². The van der Waals surface area contributed by atoms with Gasteiger partial charge < -0.3 is 9.64 Å². The molecule has 0 bridgehead atoms. The predicted molar refractivity (Wildman–Crippen MR) is 131 cm³/mol. The van der Waals surface area contributed by atoms with E-state index in [0.29, 0.717) is 6.67 Å². The predicted octanol–water partition coefficient (Wildman–Crippen LogP) is 4.20. The van der Waals surface area contributed by atoms with Crippen molar-refractivity contribution in [1.29, 1.82) is 0 Å². The minimum absolute atomic E-state index is 0.0628. The van der Waals surface area contributed by atoms with E-state index in [1.54, 1.807) is 22.8 Å². The van der Waals surface area contributed by atoms with E-state index in [0.717, 1.165) is 16.7 Å². The molecule has 2 heterocycles. The number of pyridine rings is 1. The highest BCUT2D eigenvalue weighted by molar-refractivity contribution is 5.96. The Morgan fingerprint density at radius 1 is 0.794 bits per heavy atom. The Labute approximate surface area is 198 Å². The Bertz CT molecular complexity index is 1300. The van der Waals surface area contributed by atoms with E-state index in [-0.39, 0.29) is 35.4 Å². The fourth-order valence-electron chi connectivity index (χ4n) is 4.33. The van der Waals surface area contributed by atoms with Gasteiger partial charge in [0.1, 0.15) is 13.3 Å². The molecule has 0 saturated heterocycles. The Morgan fingerprint density at radius 3 is 1.94 bits per heavy atom. The molecular formula is C28H25N3O3. The van der Waals surface area contributed by atoms with Gasteiger partial charge in [0.2, 0.25) is 5.43 Å². The van der Waals surface area contributed by atoms with Crippen LogP contribution >= 0.6 is 0 Å². The maximum atomic E-state index is 13.3. The summed E-state index contributed by atoms with van der Waals surface area (Å²) in [7, 11) is 1.74. The van der Waals surface area contributed by atoms with Crippen LogP contribution in [0.25, 0.3) is 0 Å². The molecule has 1 aromatic heterocycles. The van der Waals surface area contributed by atoms with Crippen molar-refractivity contribution in [3.8, 4) is 5.75 Å². The lowest BCUT2D eigenvalue weighted by Gasteiger charge is -2.43. The zero-order valence-electron chi connectivity index (χ0n) is 18.9. The number of carbonyl (C=O) groups is 1. The molecule has 0 spiro atoms. The molecular weight excluding hydrogens is 426 g/mol. The van der Waals surface area contributed by atoms with Crippen molar-refractivity contribution in [2.45, 2.75) is 12.6 Å². The van der Waals surface area contributed by atoms with Crippen LogP contribution in [0, 0.1) is 0 Å². The maximum Gasteiger partial charge on any atom is 0.277 e. The van der Waals surface area contributed by atoms with Crippen LogP contribution in [-0.2, 0) is 6.61 Å². The first-order valence-electron chi connectivity index (χ1n) is 11.2. The fraction of sp³-hybridized carbons (Fsp3) is 0.143. The van der Waals surface area contributed by atoms with Crippen LogP contribution < -0.4 is 15.2 Å². The van der Waals surface area contributed by atoms with Crippen molar-refractivity contribution in [3.63, 3.8) is 0 Å². The van der Waals surface area contributed by atoms with Crippen molar-refractivity contribution in [3.05, 3.63) is 136 Å². The normalized spacial score (nSPS) is 13.2. The van der Waals surface area contributed by atoms with Crippen LogP contribution in [0.15, 0.2) is 108 Å². The Hall–Kier alpha value is -4.32. The molecule has 0 atom stereocenters. The highest BCUT2D eigenvalue weighted by atomic mass is 16.5. The number of amides is 1. The Morgan fingerprint density at radius 2 is 1.35 bits per heavy atom. The molecule has 0 unspecified atom stereocenters. The van der Waals surface area contributed by atoms with Gasteiger partial charge >= 0.3 is 0 Å². The monoisotopic (exact) mass is 451 g/mol. The van der Waals surface area contributed by atoms with Crippen LogP contribution in [0.1, 0.15) is 33.2 Å². The molecule has 0 aliphatic carbocycles. The molecule has 5 rings (SSSR count). The van der Waals surface area contributed by atoms with Gasteiger partial charge in [-0.2, -0.15) is 0 Å². The standard InChI is InChI=1S/C28H25N3O3/c1-29-20-31(25(22-13-7-3-8-14-22)23-15-9-4-10-16-23)30-18-17-24(32)27(26(30)28(29)33)34-19-21-11-5-2-6-12-21/h2-18,25H,19-20H2,1H3. The number of fused-ring (bicyclic) bond motifs is 1. The lowest BCUT2D eigenvalue weighted by atomic mass is 9.98. The fourth-order valence-corrected chi connectivity index (χ4v) is 4.33. The van der Waals surface area contributed by atoms with Gasteiger partial charge in [-0.3, -0.25) is 19.3 Å². The molecule has 4 aromatic rings. The first-order valence-corrected chi connectivity index (χ1v) is 11.2. The third-order valence-electron chi connectivity index (χ3n) is 5.97. The molecule has 1 amide bonds. The van der Waals surface area contributed by atoms with Gasteiger partial charge in [0.05, 0.1) is 6.04 Å². The first kappa shape index (κ1) is 21.5. The van der Waals surface area contributed by atoms with Crippen molar-refractivity contribution >= 4 is 5.91 Å². The summed E-state index contributed by atoms with van der Waals surface area (Å²) in [6, 6.07) is 31.2. The van der Waals surface area contributed by atoms with Gasteiger partial charge in [-0.05, 0) is 16.7 Å². The zero-order chi connectivity index (χ0) is 23.5. The first-order chi connectivity index (χ1) is 16.6. The molecule has 0 saturated carbocycles. The van der Waals surface area contributed by atoms with Crippen LogP contribution in [0.2, 0.25) is 0 Å². The third-order valence-corrected chi connectivity index (χ3v) is 5.97. The van der Waals surface area contributed by atoms with Gasteiger partial charge in [0, 0.05) is 19.3 Å². The minimum Gasteiger partial charge on any atom is -0.482 e. The maximum absolute atomic E-state index is 13.3. The Kier molecular flexibility index (Phi) is 5.87. The summed E-state index contributed by atoms with van der Waals surface area (Å²) < 4.78 is 7.74. The largest absolute Gasteiger partial charge is 0.482 e. The molecule has 6 heteroatoms. The summed E-state index contributed by atoms with van der Waals surface area (Å²) in [5.74, 6) is -0.190. The second-order valence-electron chi connectivity index (χ2n) is 8.28. The van der Waals surface area contributed by atoms with Gasteiger partial charge in [-0.1, -0.05) is 91.0 Å². The van der Waals surface area contributed by atoms with Crippen LogP contribution in [-0.4, -0.2) is 29.2 Å². The lowest BCUT2D eigenvalue weighted by molar-refractivity contribution is 0.0723. The number of carbonyl (C=O) groups excluding carboxylic acids is 1. The van der Waals surface area contributed by atoms with E-state index in [1.807, 2.05) is 66.7 Å². The smallest absolute Gasteiger partial charge is 0.277 e. The zero-order valence-corrected chi connectivity index (χ0v) is 18.9. The van der Waals surface area contributed by atoms with Gasteiger partial charge in [-0.25, -0.2) is 0 Å². The lowest BCUT2D eigenvalue weighted by Crippen LogP contribution is -2.54. The molecule has 6 nitrogen and oxygen atoms in total. The average molecular weight is 452 g/mol. The molecule has 0 fully saturated rings. The average Bonchev–Trinajstić information content (AvgIpc) is 2.88. The topological polar surface area (TPSA) is 54.8 Å². The summed E-state index contributed by atoms with van der Waals surface area (Å²) in [6.07, 6.45) is 1.66. The number of benzene rings is 3. The number of nitrogens with zero attached hydrogens (tertiary/aromatic N) is 3. The summed E-state index contributed by atoms with van der Waals surface area (Å²) in [4.78, 5) is 27.8. The van der Waals surface area contributed by atoms with Gasteiger partial charge in [0.25, 0.3) is 5.91 Å². The number of ether oxygens (including phenoxy) is 1. The van der Waals surface area contributed by atoms with Crippen molar-refractivity contribution < 1.29 is 9.53 Å². The molecule has 1 aliphatic heterocycles. The van der Waals surface area contributed by atoms with E-state index >= 15 is 0 Å². The van der Waals surface area contributed by atoms with Crippen LogP contribution in [0.5, 0.6) is 5.75 Å². The van der Waals surface area contributed by atoms with E-state index in [9.17, 15) is 9.59 Å². The molecule has 3 aromatic carbocycles. The third kappa shape index (κ3) is 4.06. The summed E-state index contributed by atoms with van der Waals surface area (Å²) in [5.41, 5.74) is 2.99. The van der Waals surface area contributed by atoms with Crippen molar-refractivity contribution in [2.75, 3.05) is 18.7 Å². The van der Waals surface area contributed by atoms with Crippen molar-refractivity contribution in [2.24, 2.45) is 0 Å². The second kappa shape index (κ2) is 9.27. The van der Waals surface area contributed by atoms with Gasteiger partial charge in [-0.15, -0.1) is 0 Å². The quantitative estimate of drug-likeness (QED) is 0.441. The molecule has 34 heavy (non-hydrogen) atoms. The van der Waals surface area contributed by atoms with E-state index in [4.69, 9.17) is 4.74 Å². The van der Waals surface area contributed by atoms with Crippen molar-refractivity contribution in [1.82, 2.24) is 9.58 Å². The minimum atomic E-state index is -0.318. The Balaban J connectivity index is 1.63. The van der Waals surface area contributed by atoms with E-state index < -0.39 is 0 Å². The summed E-state index contributed by atoms with van der Waals surface area (Å²) in [5, 5.41) is 2.08. The number of rotatable bonds is 6. The summed E-state index contributed by atoms with van der Waals surface area (Å²) in [6.45, 7) is 0.548. The highest BCUT2D eigenvalue weighted by Crippen LogP contribution is 2.32. The van der Waals surface area contributed by atoms with Gasteiger partial charge in [0.15, 0.2) is 11.4 Å². The number of hydrogen-bond donors (Lipinski definition) is 0. The van der Waals surface area contributed by atoms with E-state index in [2.05, 4.69) is 29.3 Å². The SMILES string of the molecule is CN1CN(C(c2ccccc2)c2ccccc2)n2ccc(=O)c(OCc3ccccc3)c2C1=O. The summed E-state index contributed by atoms with van der Waals surface area (Å²) >= 11 is 0. The second-order valence-corrected chi connectivity index (χ2v) is 8.28. The molecule has 170 valence electrons. The number of aromatic nitrogens is 1. The number of hydrogen-bond acceptors (Lipinski definition) is 4. The highest BCUT2D eigenvalue weighted by Gasteiger charge is 2.35. The molecule has 1 aliphatic rings.